The van der Waals surface area contributed by atoms with Gasteiger partial charge in [-0.1, -0.05) is 18.2 Å². The van der Waals surface area contributed by atoms with Gasteiger partial charge in [-0.2, -0.15) is 0 Å². The van der Waals surface area contributed by atoms with E-state index in [1.54, 1.807) is 26.5 Å². The van der Waals surface area contributed by atoms with Gasteiger partial charge in [0.05, 0.1) is 14.2 Å². The van der Waals surface area contributed by atoms with E-state index in [0.29, 0.717) is 23.0 Å². The summed E-state index contributed by atoms with van der Waals surface area (Å²) < 4.78 is 16.4. The second-order valence-electron chi connectivity index (χ2n) is 4.48. The molecule has 0 spiro atoms. The average Bonchev–Trinajstić information content (AvgIpc) is 2.55. The lowest BCUT2D eigenvalue weighted by molar-refractivity contribution is 0.387. The minimum absolute atomic E-state index is 0.643. The molecular weight excluding hydrogens is 266 g/mol. The number of fused-ring (bicyclic) bond motifs is 1. The van der Waals surface area contributed by atoms with Crippen LogP contribution in [0.1, 0.15) is 0 Å². The third-order valence-electron chi connectivity index (χ3n) is 3.15. The number of nitrogens with zero attached hydrogens (tertiary/aromatic N) is 1. The highest BCUT2D eigenvalue weighted by molar-refractivity contribution is 5.84. The van der Waals surface area contributed by atoms with Crippen LogP contribution in [0, 0.1) is 0 Å². The van der Waals surface area contributed by atoms with Gasteiger partial charge in [-0.05, 0) is 12.1 Å². The Bertz CT molecular complexity index is 743. The highest BCUT2D eigenvalue weighted by atomic mass is 16.5. The summed E-state index contributed by atoms with van der Waals surface area (Å²) in [6.45, 7) is 0. The zero-order valence-electron chi connectivity index (χ0n) is 11.9. The number of para-hydroxylation sites is 1. The zero-order valence-corrected chi connectivity index (χ0v) is 11.9. The molecule has 2 aromatic carbocycles. The summed E-state index contributed by atoms with van der Waals surface area (Å²) in [5.74, 6) is 2.70. The minimum Gasteiger partial charge on any atom is -0.496 e. The molecule has 3 aromatic rings. The second-order valence-corrected chi connectivity index (χ2v) is 4.48. The molecule has 0 saturated heterocycles. The Morgan fingerprint density at radius 3 is 2.19 bits per heavy atom. The molecule has 1 aromatic heterocycles. The standard InChI is InChI=1S/C17H15NO3/c1-19-13-9-14(20-2)11-15(10-13)21-16-7-3-5-12-6-4-8-18-17(12)16/h3-11H,1-2H3. The highest BCUT2D eigenvalue weighted by Gasteiger charge is 2.07. The van der Waals surface area contributed by atoms with Gasteiger partial charge in [-0.3, -0.25) is 4.98 Å². The Morgan fingerprint density at radius 1 is 0.810 bits per heavy atom. The van der Waals surface area contributed by atoms with E-state index >= 15 is 0 Å². The lowest BCUT2D eigenvalue weighted by atomic mass is 10.2. The van der Waals surface area contributed by atoms with Gasteiger partial charge in [0.1, 0.15) is 22.8 Å². The van der Waals surface area contributed by atoms with Crippen LogP contribution in [0.3, 0.4) is 0 Å². The fourth-order valence-electron chi connectivity index (χ4n) is 2.13. The van der Waals surface area contributed by atoms with E-state index in [2.05, 4.69) is 4.98 Å². The molecule has 0 bridgehead atoms. The Labute approximate surface area is 122 Å². The third kappa shape index (κ3) is 2.74. The predicted octanol–water partition coefficient (Wildman–Crippen LogP) is 4.04. The van der Waals surface area contributed by atoms with Crippen LogP contribution in [0.2, 0.25) is 0 Å². The zero-order chi connectivity index (χ0) is 14.7. The number of methoxy groups -OCH3 is 2. The van der Waals surface area contributed by atoms with E-state index in [0.717, 1.165) is 10.9 Å². The van der Waals surface area contributed by atoms with E-state index in [-0.39, 0.29) is 0 Å². The van der Waals surface area contributed by atoms with Gasteiger partial charge in [-0.15, -0.1) is 0 Å². The van der Waals surface area contributed by atoms with Crippen LogP contribution in [-0.4, -0.2) is 19.2 Å². The van der Waals surface area contributed by atoms with Crippen LogP contribution in [0.15, 0.2) is 54.7 Å². The molecule has 4 heteroatoms. The Hall–Kier alpha value is -2.75. The largest absolute Gasteiger partial charge is 0.496 e. The van der Waals surface area contributed by atoms with Gasteiger partial charge in [0.25, 0.3) is 0 Å². The lowest BCUT2D eigenvalue weighted by Crippen LogP contribution is -1.91. The summed E-state index contributed by atoms with van der Waals surface area (Å²) in [7, 11) is 3.22. The van der Waals surface area contributed by atoms with E-state index in [9.17, 15) is 0 Å². The number of ether oxygens (including phenoxy) is 3. The molecule has 0 aliphatic heterocycles. The Balaban J connectivity index is 2.02. The van der Waals surface area contributed by atoms with Crippen LogP contribution in [0.25, 0.3) is 10.9 Å². The van der Waals surface area contributed by atoms with E-state index in [1.165, 1.54) is 0 Å². The molecule has 0 amide bonds. The van der Waals surface area contributed by atoms with Crippen LogP contribution >= 0.6 is 0 Å². The molecular formula is C17H15NO3. The van der Waals surface area contributed by atoms with E-state index in [4.69, 9.17) is 14.2 Å². The van der Waals surface area contributed by atoms with Gasteiger partial charge in [0.2, 0.25) is 0 Å². The molecule has 0 aliphatic carbocycles. The normalized spacial score (nSPS) is 10.4. The highest BCUT2D eigenvalue weighted by Crippen LogP contribution is 2.33. The van der Waals surface area contributed by atoms with Gasteiger partial charge in [0.15, 0.2) is 5.75 Å². The van der Waals surface area contributed by atoms with Gasteiger partial charge >= 0.3 is 0 Å². The lowest BCUT2D eigenvalue weighted by Gasteiger charge is -2.11. The maximum absolute atomic E-state index is 5.95. The molecule has 0 saturated carbocycles. The molecule has 21 heavy (non-hydrogen) atoms. The van der Waals surface area contributed by atoms with Crippen molar-refractivity contribution in [2.75, 3.05) is 14.2 Å². The van der Waals surface area contributed by atoms with Crippen LogP contribution < -0.4 is 14.2 Å². The predicted molar refractivity (Wildman–Crippen MR) is 81.4 cm³/mol. The summed E-state index contributed by atoms with van der Waals surface area (Å²) in [4.78, 5) is 4.37. The maximum Gasteiger partial charge on any atom is 0.153 e. The van der Waals surface area contributed by atoms with Crippen molar-refractivity contribution in [3.05, 3.63) is 54.7 Å². The SMILES string of the molecule is COc1cc(OC)cc(Oc2cccc3cccnc23)c1. The summed E-state index contributed by atoms with van der Waals surface area (Å²) in [6, 6.07) is 15.2. The van der Waals surface area contributed by atoms with Crippen LogP contribution in [0.5, 0.6) is 23.0 Å². The third-order valence-corrected chi connectivity index (χ3v) is 3.15. The molecule has 0 N–H and O–H groups in total. The number of rotatable bonds is 4. The molecule has 1 heterocycles. The Morgan fingerprint density at radius 2 is 1.48 bits per heavy atom. The van der Waals surface area contributed by atoms with Gasteiger partial charge in [0, 0.05) is 29.8 Å². The number of hydrogen-bond donors (Lipinski definition) is 0. The van der Waals surface area contributed by atoms with Crippen molar-refractivity contribution in [2.45, 2.75) is 0 Å². The average molecular weight is 281 g/mol. The molecule has 3 rings (SSSR count). The fourth-order valence-corrected chi connectivity index (χ4v) is 2.13. The van der Waals surface area contributed by atoms with Gasteiger partial charge < -0.3 is 14.2 Å². The van der Waals surface area contributed by atoms with Crippen LogP contribution in [0.4, 0.5) is 0 Å². The smallest absolute Gasteiger partial charge is 0.153 e. The van der Waals surface area contributed by atoms with Crippen molar-refractivity contribution in [3.63, 3.8) is 0 Å². The Kier molecular flexibility index (Phi) is 3.60. The monoisotopic (exact) mass is 281 g/mol. The van der Waals surface area contributed by atoms with Crippen molar-refractivity contribution in [1.29, 1.82) is 0 Å². The maximum atomic E-state index is 5.95. The first kappa shape index (κ1) is 13.2. The summed E-state index contributed by atoms with van der Waals surface area (Å²) >= 11 is 0. The van der Waals surface area contributed by atoms with Crippen molar-refractivity contribution in [1.82, 2.24) is 4.98 Å². The summed E-state index contributed by atoms with van der Waals surface area (Å²) in [5.41, 5.74) is 0.821. The first-order chi connectivity index (χ1) is 10.3. The fraction of sp³-hybridized carbons (Fsp3) is 0.118. The van der Waals surface area contributed by atoms with Crippen molar-refractivity contribution in [3.8, 4) is 23.0 Å². The molecule has 106 valence electrons. The van der Waals surface area contributed by atoms with Crippen molar-refractivity contribution < 1.29 is 14.2 Å². The molecule has 0 radical (unpaired) electrons. The summed E-state index contributed by atoms with van der Waals surface area (Å²) in [5, 5.41) is 1.03. The first-order valence-corrected chi connectivity index (χ1v) is 6.55. The first-order valence-electron chi connectivity index (χ1n) is 6.55. The van der Waals surface area contributed by atoms with Gasteiger partial charge in [-0.25, -0.2) is 0 Å². The van der Waals surface area contributed by atoms with E-state index in [1.807, 2.05) is 42.5 Å². The number of benzene rings is 2. The molecule has 0 atom stereocenters. The quantitative estimate of drug-likeness (QED) is 0.723. The molecule has 0 aliphatic rings. The number of pyridine rings is 1. The second kappa shape index (κ2) is 5.71. The number of hydrogen-bond acceptors (Lipinski definition) is 4. The summed E-state index contributed by atoms with van der Waals surface area (Å²) in [6.07, 6.45) is 1.75. The van der Waals surface area contributed by atoms with Crippen molar-refractivity contribution in [2.24, 2.45) is 0 Å². The topological polar surface area (TPSA) is 40.6 Å². The number of aromatic nitrogens is 1. The van der Waals surface area contributed by atoms with Crippen molar-refractivity contribution >= 4 is 10.9 Å². The van der Waals surface area contributed by atoms with Crippen LogP contribution in [-0.2, 0) is 0 Å². The molecule has 0 unspecified atom stereocenters. The molecule has 0 fully saturated rings. The minimum atomic E-state index is 0.643. The van der Waals surface area contributed by atoms with E-state index < -0.39 is 0 Å². The molecule has 4 nitrogen and oxygen atoms in total.